The summed E-state index contributed by atoms with van der Waals surface area (Å²) in [4.78, 5) is 80.0. The van der Waals surface area contributed by atoms with Crippen molar-refractivity contribution in [2.75, 3.05) is 6.54 Å². The molecule has 4 amide bonds. The number of carbonyl (C=O) groups is 7. The predicted molar refractivity (Wildman–Crippen MR) is 105 cm³/mol. The zero-order valence-corrected chi connectivity index (χ0v) is 17.0. The molecule has 0 saturated carbocycles. The first-order chi connectivity index (χ1) is 14.8. The van der Waals surface area contributed by atoms with E-state index in [1.807, 2.05) is 5.32 Å². The fourth-order valence-corrected chi connectivity index (χ4v) is 2.34. The second-order valence-corrected chi connectivity index (χ2v) is 6.71. The van der Waals surface area contributed by atoms with Crippen molar-refractivity contribution in [2.24, 2.45) is 11.5 Å². The zero-order chi connectivity index (χ0) is 24.8. The molecule has 3 atom stereocenters. The smallest absolute Gasteiger partial charge is 0.322 e. The van der Waals surface area contributed by atoms with Crippen molar-refractivity contribution in [3.8, 4) is 0 Å². The Kier molecular flexibility index (Phi) is 12.6. The highest BCUT2D eigenvalue weighted by molar-refractivity contribution is 5.94. The molecule has 15 heteroatoms. The Morgan fingerprint density at radius 3 is 1.56 bits per heavy atom. The van der Waals surface area contributed by atoms with Gasteiger partial charge in [-0.15, -0.1) is 0 Å². The van der Waals surface area contributed by atoms with E-state index in [1.54, 1.807) is 0 Å². The maximum Gasteiger partial charge on any atom is 0.322 e. The maximum atomic E-state index is 12.6. The molecule has 0 aromatic rings. The molecule has 0 rings (SSSR count). The van der Waals surface area contributed by atoms with Crippen LogP contribution in [0.4, 0.5) is 0 Å². The lowest BCUT2D eigenvalue weighted by atomic mass is 10.1. The van der Waals surface area contributed by atoms with Crippen molar-refractivity contribution in [2.45, 2.75) is 56.7 Å². The molecule has 0 spiro atoms. The van der Waals surface area contributed by atoms with E-state index in [0.717, 1.165) is 0 Å². The van der Waals surface area contributed by atoms with Crippen LogP contribution in [0.15, 0.2) is 0 Å². The van der Waals surface area contributed by atoms with Crippen LogP contribution in [0.3, 0.4) is 0 Å². The van der Waals surface area contributed by atoms with Gasteiger partial charge in [0.1, 0.15) is 18.6 Å². The number of nitrogens with two attached hydrogens (primary N) is 2. The molecule has 0 aromatic carbocycles. The molecule has 0 radical (unpaired) electrons. The predicted octanol–water partition coefficient (Wildman–Crippen LogP) is -3.52. The SMILES string of the molecule is NC(=O)CCC(N)C(=O)NC(CCC(=O)O)C(=O)NC(CCC(=O)O)C(=O)NCC(=O)O. The summed E-state index contributed by atoms with van der Waals surface area (Å²) in [5, 5.41) is 32.7. The van der Waals surface area contributed by atoms with Crippen LogP contribution in [0.2, 0.25) is 0 Å². The average molecular weight is 461 g/mol. The fraction of sp³-hybridized carbons (Fsp3) is 0.588. The van der Waals surface area contributed by atoms with Gasteiger partial charge >= 0.3 is 17.9 Å². The van der Waals surface area contributed by atoms with Gasteiger partial charge in [-0.25, -0.2) is 0 Å². The molecule has 32 heavy (non-hydrogen) atoms. The Morgan fingerprint density at radius 2 is 1.12 bits per heavy atom. The number of amides is 4. The number of carboxylic acids is 3. The van der Waals surface area contributed by atoms with Crippen LogP contribution in [0.5, 0.6) is 0 Å². The minimum atomic E-state index is -1.47. The minimum Gasteiger partial charge on any atom is -0.481 e. The van der Waals surface area contributed by atoms with Crippen LogP contribution in [0.25, 0.3) is 0 Å². The van der Waals surface area contributed by atoms with Crippen LogP contribution in [0.1, 0.15) is 38.5 Å². The fourth-order valence-electron chi connectivity index (χ4n) is 2.34. The number of hydrogen-bond donors (Lipinski definition) is 8. The number of aliphatic carboxylic acids is 3. The van der Waals surface area contributed by atoms with Gasteiger partial charge in [-0.1, -0.05) is 0 Å². The zero-order valence-electron chi connectivity index (χ0n) is 17.0. The van der Waals surface area contributed by atoms with E-state index in [0.29, 0.717) is 0 Å². The topological polar surface area (TPSA) is 268 Å². The highest BCUT2D eigenvalue weighted by Gasteiger charge is 2.29. The second-order valence-electron chi connectivity index (χ2n) is 6.71. The van der Waals surface area contributed by atoms with Crippen molar-refractivity contribution in [3.05, 3.63) is 0 Å². The van der Waals surface area contributed by atoms with Gasteiger partial charge in [-0.2, -0.15) is 0 Å². The lowest BCUT2D eigenvalue weighted by Gasteiger charge is -2.23. The summed E-state index contributed by atoms with van der Waals surface area (Å²) in [6.45, 7) is -0.786. The summed E-state index contributed by atoms with van der Waals surface area (Å²) in [5.74, 6) is -7.52. The maximum absolute atomic E-state index is 12.6. The molecule has 3 unspecified atom stereocenters. The number of carboxylic acid groups (broad SMARTS) is 3. The van der Waals surface area contributed by atoms with Gasteiger partial charge in [0.2, 0.25) is 23.6 Å². The lowest BCUT2D eigenvalue weighted by molar-refractivity contribution is -0.140. The Hall–Kier alpha value is -3.75. The van der Waals surface area contributed by atoms with Gasteiger partial charge in [0, 0.05) is 19.3 Å². The molecule has 0 aliphatic rings. The molecule has 0 aliphatic carbocycles. The van der Waals surface area contributed by atoms with Crippen molar-refractivity contribution < 1.29 is 48.9 Å². The number of rotatable bonds is 16. The monoisotopic (exact) mass is 461 g/mol. The van der Waals surface area contributed by atoms with E-state index in [-0.39, 0.29) is 12.8 Å². The molecular formula is C17H27N5O10. The standard InChI is InChI=1S/C17H27N5O10/c18-8(1-4-11(19)23)15(30)21-10(3-6-13(26)27)17(32)22-9(2-5-12(24)25)16(31)20-7-14(28)29/h8-10H,1-7,18H2,(H2,19,23)(H,20,31)(H,21,30)(H,22,32)(H,24,25)(H,26,27)(H,28,29). The first kappa shape index (κ1) is 28.2. The van der Waals surface area contributed by atoms with E-state index >= 15 is 0 Å². The van der Waals surface area contributed by atoms with Crippen LogP contribution in [0, 0.1) is 0 Å². The molecular weight excluding hydrogens is 434 g/mol. The second kappa shape index (κ2) is 14.3. The van der Waals surface area contributed by atoms with Gasteiger partial charge < -0.3 is 42.7 Å². The first-order valence-electron chi connectivity index (χ1n) is 9.41. The third-order valence-electron chi connectivity index (χ3n) is 4.01. The van der Waals surface area contributed by atoms with E-state index in [1.165, 1.54) is 0 Å². The van der Waals surface area contributed by atoms with E-state index in [9.17, 15) is 33.6 Å². The minimum absolute atomic E-state index is 0.132. The molecule has 0 aliphatic heterocycles. The largest absolute Gasteiger partial charge is 0.481 e. The average Bonchev–Trinajstić information content (AvgIpc) is 2.69. The number of primary amides is 1. The lowest BCUT2D eigenvalue weighted by Crippen LogP contribution is -2.56. The van der Waals surface area contributed by atoms with Crippen LogP contribution >= 0.6 is 0 Å². The Balaban J connectivity index is 5.34. The van der Waals surface area contributed by atoms with Gasteiger partial charge in [0.25, 0.3) is 0 Å². The summed E-state index contributed by atoms with van der Waals surface area (Å²) >= 11 is 0. The molecule has 0 saturated heterocycles. The van der Waals surface area contributed by atoms with Crippen LogP contribution in [-0.2, 0) is 33.6 Å². The molecule has 0 heterocycles. The molecule has 15 nitrogen and oxygen atoms in total. The normalized spacial score (nSPS) is 13.2. The van der Waals surface area contributed by atoms with Crippen molar-refractivity contribution in [1.29, 1.82) is 0 Å². The Bertz CT molecular complexity index is 741. The molecule has 180 valence electrons. The van der Waals surface area contributed by atoms with Gasteiger partial charge in [-0.05, 0) is 19.3 Å². The number of carbonyl (C=O) groups excluding carboxylic acids is 4. The summed E-state index contributed by atoms with van der Waals surface area (Å²) < 4.78 is 0. The third kappa shape index (κ3) is 12.7. The number of nitrogens with one attached hydrogen (secondary N) is 3. The molecule has 0 fully saturated rings. The summed E-state index contributed by atoms with van der Waals surface area (Å²) in [7, 11) is 0. The van der Waals surface area contributed by atoms with E-state index < -0.39 is 91.9 Å². The number of hydrogen-bond acceptors (Lipinski definition) is 8. The Labute approximate surface area is 181 Å². The molecule has 0 aromatic heterocycles. The van der Waals surface area contributed by atoms with Gasteiger partial charge in [0.05, 0.1) is 6.04 Å². The van der Waals surface area contributed by atoms with Gasteiger partial charge in [-0.3, -0.25) is 33.6 Å². The van der Waals surface area contributed by atoms with Crippen LogP contribution < -0.4 is 27.4 Å². The van der Waals surface area contributed by atoms with Crippen molar-refractivity contribution >= 4 is 41.5 Å². The molecule has 0 bridgehead atoms. The molecule has 10 N–H and O–H groups in total. The van der Waals surface area contributed by atoms with E-state index in [4.69, 9.17) is 26.8 Å². The van der Waals surface area contributed by atoms with Crippen molar-refractivity contribution in [1.82, 2.24) is 16.0 Å². The highest BCUT2D eigenvalue weighted by Crippen LogP contribution is 2.04. The first-order valence-corrected chi connectivity index (χ1v) is 9.41. The van der Waals surface area contributed by atoms with Crippen molar-refractivity contribution in [3.63, 3.8) is 0 Å². The summed E-state index contributed by atoms with van der Waals surface area (Å²) in [5.41, 5.74) is 10.6. The quantitative estimate of drug-likeness (QED) is 0.112. The van der Waals surface area contributed by atoms with Gasteiger partial charge in [0.15, 0.2) is 0 Å². The summed E-state index contributed by atoms with van der Waals surface area (Å²) in [6, 6.07) is -4.16. The van der Waals surface area contributed by atoms with Crippen LogP contribution in [-0.4, -0.2) is 81.5 Å². The third-order valence-corrected chi connectivity index (χ3v) is 4.01. The van der Waals surface area contributed by atoms with E-state index in [2.05, 4.69) is 10.6 Å². The highest BCUT2D eigenvalue weighted by atomic mass is 16.4. The Morgan fingerprint density at radius 1 is 0.656 bits per heavy atom. The summed E-state index contributed by atoms with van der Waals surface area (Å²) in [6.07, 6.45) is -2.22.